The Labute approximate surface area is 164 Å². The zero-order valence-electron chi connectivity index (χ0n) is 15.8. The van der Waals surface area contributed by atoms with Crippen LogP contribution in [0, 0.1) is 0 Å². The number of anilines is 2. The van der Waals surface area contributed by atoms with Crippen LogP contribution in [0.2, 0.25) is 0 Å². The summed E-state index contributed by atoms with van der Waals surface area (Å²) in [5.74, 6) is -0.0914. The lowest BCUT2D eigenvalue weighted by atomic mass is 10.2. The number of hydrogen-bond acceptors (Lipinski definition) is 5. The predicted octanol–water partition coefficient (Wildman–Crippen LogP) is 3.06. The number of carbonyl (C=O) groups excluding carboxylic acids is 1. The molecule has 0 aliphatic carbocycles. The highest BCUT2D eigenvalue weighted by Crippen LogP contribution is 2.48. The lowest BCUT2D eigenvalue weighted by Gasteiger charge is -2.35. The molecule has 1 unspecified atom stereocenters. The normalized spacial score (nSPS) is 14.5. The first kappa shape index (κ1) is 19.7. The van der Waals surface area contributed by atoms with Gasteiger partial charge < -0.3 is 10.2 Å². The first-order valence-electron chi connectivity index (χ1n) is 8.58. The van der Waals surface area contributed by atoms with Gasteiger partial charge >= 0.3 is 0 Å². The van der Waals surface area contributed by atoms with Gasteiger partial charge in [0.15, 0.2) is 0 Å². The maximum absolute atomic E-state index is 12.6. The molecule has 0 radical (unpaired) electrons. The van der Waals surface area contributed by atoms with Crippen LogP contribution in [0.1, 0.15) is 13.8 Å². The van der Waals surface area contributed by atoms with Gasteiger partial charge in [-0.3, -0.25) is 4.79 Å². The molecule has 6 nitrogen and oxygen atoms in total. The Morgan fingerprint density at radius 2 is 1.81 bits per heavy atom. The van der Waals surface area contributed by atoms with E-state index >= 15 is 0 Å². The van der Waals surface area contributed by atoms with Crippen LogP contribution in [-0.4, -0.2) is 45.3 Å². The molecule has 1 N–H and O–H groups in total. The Hall–Kier alpha value is -2.03. The average molecular weight is 406 g/mol. The third kappa shape index (κ3) is 3.97. The Balaban J connectivity index is 2.08. The number of nitrogens with one attached hydrogen (secondary N) is 1. The first-order valence-corrected chi connectivity index (χ1v) is 10.8. The van der Waals surface area contributed by atoms with Gasteiger partial charge in [0.25, 0.3) is 0 Å². The zero-order valence-corrected chi connectivity index (χ0v) is 17.4. The molecule has 1 atom stereocenters. The van der Waals surface area contributed by atoms with E-state index in [1.807, 2.05) is 37.3 Å². The van der Waals surface area contributed by atoms with Crippen molar-refractivity contribution in [3.8, 4) is 0 Å². The Morgan fingerprint density at radius 1 is 1.15 bits per heavy atom. The van der Waals surface area contributed by atoms with E-state index in [9.17, 15) is 13.2 Å². The monoisotopic (exact) mass is 405 g/mol. The summed E-state index contributed by atoms with van der Waals surface area (Å²) < 4.78 is 26.4. The molecule has 0 bridgehead atoms. The number of benzene rings is 2. The van der Waals surface area contributed by atoms with E-state index in [1.165, 1.54) is 25.3 Å². The van der Waals surface area contributed by atoms with E-state index in [2.05, 4.69) is 10.2 Å². The number of amides is 1. The van der Waals surface area contributed by atoms with Crippen LogP contribution in [0.25, 0.3) is 0 Å². The Kier molecular flexibility index (Phi) is 5.50. The molecule has 27 heavy (non-hydrogen) atoms. The highest BCUT2D eigenvalue weighted by Gasteiger charge is 2.27. The summed E-state index contributed by atoms with van der Waals surface area (Å²) in [4.78, 5) is 15.8. The van der Waals surface area contributed by atoms with Gasteiger partial charge in [0.2, 0.25) is 15.9 Å². The zero-order chi connectivity index (χ0) is 19.8. The van der Waals surface area contributed by atoms with Crippen LogP contribution >= 0.6 is 11.8 Å². The van der Waals surface area contributed by atoms with Crippen molar-refractivity contribution in [1.29, 1.82) is 0 Å². The average Bonchev–Trinajstić information content (AvgIpc) is 2.60. The van der Waals surface area contributed by atoms with Gasteiger partial charge in [0.05, 0.1) is 16.3 Å². The summed E-state index contributed by atoms with van der Waals surface area (Å²) in [5.41, 5.74) is 1.84. The van der Waals surface area contributed by atoms with Crippen molar-refractivity contribution >= 4 is 39.1 Å². The molecule has 0 saturated heterocycles. The topological polar surface area (TPSA) is 69.7 Å². The summed E-state index contributed by atoms with van der Waals surface area (Å²) >= 11 is 1.62. The number of nitrogens with zero attached hydrogens (tertiary/aromatic N) is 2. The molecule has 1 amide bonds. The molecule has 1 aliphatic heterocycles. The summed E-state index contributed by atoms with van der Waals surface area (Å²) in [6, 6.07) is 13.1. The van der Waals surface area contributed by atoms with E-state index < -0.39 is 10.0 Å². The highest BCUT2D eigenvalue weighted by atomic mass is 32.2. The largest absolute Gasteiger partial charge is 0.352 e. The van der Waals surface area contributed by atoms with E-state index in [1.54, 1.807) is 23.9 Å². The molecule has 3 rings (SSSR count). The fourth-order valence-corrected chi connectivity index (χ4v) is 5.04. The van der Waals surface area contributed by atoms with Gasteiger partial charge in [0, 0.05) is 43.4 Å². The third-order valence-electron chi connectivity index (χ3n) is 4.28. The van der Waals surface area contributed by atoms with E-state index in [0.717, 1.165) is 21.2 Å². The van der Waals surface area contributed by atoms with Gasteiger partial charge in [-0.15, -0.1) is 0 Å². The molecule has 1 heterocycles. The third-order valence-corrected chi connectivity index (χ3v) is 7.22. The fraction of sp³-hybridized carbons (Fsp3) is 0.316. The molecular weight excluding hydrogens is 382 g/mol. The quantitative estimate of drug-likeness (QED) is 0.828. The maximum atomic E-state index is 12.6. The van der Waals surface area contributed by atoms with E-state index in [-0.39, 0.29) is 16.8 Å². The van der Waals surface area contributed by atoms with Crippen LogP contribution in [0.4, 0.5) is 11.4 Å². The predicted molar refractivity (Wildman–Crippen MR) is 108 cm³/mol. The summed E-state index contributed by atoms with van der Waals surface area (Å²) in [5, 5.41) is 2.90. The van der Waals surface area contributed by atoms with Crippen LogP contribution in [0.3, 0.4) is 0 Å². The fourth-order valence-electron chi connectivity index (χ4n) is 3.04. The molecule has 2 aromatic rings. The molecule has 144 valence electrons. The molecule has 1 aliphatic rings. The molecule has 0 aromatic heterocycles. The molecule has 0 spiro atoms. The van der Waals surface area contributed by atoms with Crippen LogP contribution in [-0.2, 0) is 14.8 Å². The summed E-state index contributed by atoms with van der Waals surface area (Å²) in [6.07, 6.45) is 0. The van der Waals surface area contributed by atoms with Crippen molar-refractivity contribution in [3.05, 3.63) is 42.5 Å². The van der Waals surface area contributed by atoms with Crippen molar-refractivity contribution in [2.24, 2.45) is 0 Å². The molecule has 0 saturated carbocycles. The van der Waals surface area contributed by atoms with Crippen molar-refractivity contribution in [2.75, 3.05) is 25.5 Å². The van der Waals surface area contributed by atoms with Crippen LogP contribution in [0.5, 0.6) is 0 Å². The van der Waals surface area contributed by atoms with E-state index in [4.69, 9.17) is 0 Å². The second-order valence-electron chi connectivity index (χ2n) is 6.70. The Bertz CT molecular complexity index is 974. The van der Waals surface area contributed by atoms with Crippen molar-refractivity contribution in [1.82, 2.24) is 9.62 Å². The van der Waals surface area contributed by atoms with Gasteiger partial charge in [0.1, 0.15) is 0 Å². The second kappa shape index (κ2) is 7.53. The number of carbonyl (C=O) groups is 1. The molecule has 8 heteroatoms. The van der Waals surface area contributed by atoms with Gasteiger partial charge in [-0.1, -0.05) is 23.9 Å². The highest BCUT2D eigenvalue weighted by molar-refractivity contribution is 7.99. The molecule has 2 aromatic carbocycles. The van der Waals surface area contributed by atoms with Gasteiger partial charge in [-0.05, 0) is 37.3 Å². The number of fused-ring (bicyclic) bond motifs is 2. The van der Waals surface area contributed by atoms with Crippen LogP contribution < -0.4 is 10.2 Å². The SMILES string of the molecule is CC(=O)NC(C)CN1c2ccccc2Sc2ccc(S(=O)(=O)N(C)C)cc21. The maximum Gasteiger partial charge on any atom is 0.242 e. The van der Waals surface area contributed by atoms with Gasteiger partial charge in [-0.25, -0.2) is 12.7 Å². The van der Waals surface area contributed by atoms with Crippen LogP contribution in [0.15, 0.2) is 57.2 Å². The standard InChI is InChI=1S/C19H23N3O3S2/c1-13(20-14(2)23)12-22-16-7-5-6-8-18(16)26-19-10-9-15(11-17(19)22)27(24,25)21(3)4/h5-11,13H,12H2,1-4H3,(H,20,23). The van der Waals surface area contributed by atoms with Crippen molar-refractivity contribution in [2.45, 2.75) is 34.6 Å². The number of para-hydroxylation sites is 1. The first-order chi connectivity index (χ1) is 12.7. The van der Waals surface area contributed by atoms with Gasteiger partial charge in [-0.2, -0.15) is 0 Å². The second-order valence-corrected chi connectivity index (χ2v) is 9.93. The molecule has 0 fully saturated rings. The smallest absolute Gasteiger partial charge is 0.242 e. The summed E-state index contributed by atoms with van der Waals surface area (Å²) in [7, 11) is -0.484. The minimum atomic E-state index is -3.53. The number of hydrogen-bond donors (Lipinski definition) is 1. The lowest BCUT2D eigenvalue weighted by molar-refractivity contribution is -0.119. The molecular formula is C19H23N3O3S2. The summed E-state index contributed by atoms with van der Waals surface area (Å²) in [6.45, 7) is 3.97. The minimum Gasteiger partial charge on any atom is -0.352 e. The van der Waals surface area contributed by atoms with Crippen molar-refractivity contribution < 1.29 is 13.2 Å². The minimum absolute atomic E-state index is 0.0914. The number of sulfonamides is 1. The lowest BCUT2D eigenvalue weighted by Crippen LogP contribution is -2.40. The number of rotatable bonds is 5. The van der Waals surface area contributed by atoms with E-state index in [0.29, 0.717) is 6.54 Å². The Morgan fingerprint density at radius 3 is 2.48 bits per heavy atom. The van der Waals surface area contributed by atoms with Crippen molar-refractivity contribution in [3.63, 3.8) is 0 Å².